The van der Waals surface area contributed by atoms with Crippen molar-refractivity contribution >= 4 is 27.2 Å². The molecule has 1 heterocycles. The maximum absolute atomic E-state index is 13.4. The molecule has 1 aromatic carbocycles. The van der Waals surface area contributed by atoms with Gasteiger partial charge in [0.05, 0.1) is 0 Å². The Morgan fingerprint density at radius 2 is 1.95 bits per heavy atom. The van der Waals surface area contributed by atoms with Crippen molar-refractivity contribution in [1.29, 1.82) is 0 Å². The normalized spacial score (nSPS) is 11.3. The molecule has 0 spiro atoms. The monoisotopic (exact) mass is 325 g/mol. The third kappa shape index (κ3) is 3.81. The van der Waals surface area contributed by atoms with E-state index in [1.54, 1.807) is 24.3 Å². The van der Waals surface area contributed by atoms with Crippen molar-refractivity contribution in [3.05, 3.63) is 59.5 Å². The van der Waals surface area contributed by atoms with Crippen molar-refractivity contribution in [3.63, 3.8) is 0 Å². The summed E-state index contributed by atoms with van der Waals surface area (Å²) < 4.78 is 39.6. The molecule has 0 saturated carbocycles. The molecule has 5 nitrogen and oxygen atoms in total. The quantitative estimate of drug-likeness (QED) is 0.810. The number of nitrogens with zero attached hydrogens (tertiary/aromatic N) is 1. The molecule has 0 radical (unpaired) electrons. The topological polar surface area (TPSA) is 85.1 Å². The fourth-order valence-corrected chi connectivity index (χ4v) is 2.76. The van der Waals surface area contributed by atoms with Crippen molar-refractivity contribution in [2.75, 3.05) is 0 Å². The van der Waals surface area contributed by atoms with Gasteiger partial charge in [-0.3, -0.25) is 0 Å². The first kappa shape index (κ1) is 15.5. The van der Waals surface area contributed by atoms with E-state index in [-0.39, 0.29) is 11.5 Å². The number of aromatic nitrogens is 1. The minimum Gasteiger partial charge on any atom is -0.389 e. The van der Waals surface area contributed by atoms with Gasteiger partial charge in [-0.2, -0.15) is 0 Å². The number of hydrogen-bond acceptors (Lipinski definition) is 4. The summed E-state index contributed by atoms with van der Waals surface area (Å²) in [5, 5.41) is -0.621. The maximum Gasteiger partial charge on any atom is 0.261 e. The minimum absolute atomic E-state index is 0.00988. The highest BCUT2D eigenvalue weighted by atomic mass is 32.2. The van der Waals surface area contributed by atoms with Gasteiger partial charge in [0.25, 0.3) is 10.0 Å². The lowest BCUT2D eigenvalue weighted by Crippen LogP contribution is -2.25. The zero-order valence-corrected chi connectivity index (χ0v) is 12.4. The van der Waals surface area contributed by atoms with Gasteiger partial charge in [-0.15, -0.1) is 0 Å². The van der Waals surface area contributed by atoms with E-state index in [1.807, 2.05) is 0 Å². The molecular formula is C13H12FN3O2S2. The number of nitrogens with two attached hydrogens (primary N) is 1. The van der Waals surface area contributed by atoms with Crippen LogP contribution < -0.4 is 10.5 Å². The molecule has 2 rings (SSSR count). The molecule has 0 unspecified atom stereocenters. The van der Waals surface area contributed by atoms with Crippen LogP contribution in [0.25, 0.3) is 0 Å². The summed E-state index contributed by atoms with van der Waals surface area (Å²) in [5.74, 6) is -0.895. The molecule has 0 atom stereocenters. The van der Waals surface area contributed by atoms with Crippen molar-refractivity contribution < 1.29 is 12.8 Å². The van der Waals surface area contributed by atoms with Crippen LogP contribution in [0.2, 0.25) is 0 Å². The fraction of sp³-hybridized carbons (Fsp3) is 0.0769. The lowest BCUT2D eigenvalue weighted by atomic mass is 10.1. The third-order valence-corrected chi connectivity index (χ3v) is 4.25. The van der Waals surface area contributed by atoms with Gasteiger partial charge in [0.15, 0.2) is 5.82 Å². The van der Waals surface area contributed by atoms with Crippen LogP contribution in [0.3, 0.4) is 0 Å². The summed E-state index contributed by atoms with van der Waals surface area (Å²) in [5.41, 5.74) is 6.85. The van der Waals surface area contributed by atoms with Crippen molar-refractivity contribution in [2.24, 2.45) is 5.73 Å². The van der Waals surface area contributed by atoms with Crippen LogP contribution in [-0.4, -0.2) is 18.4 Å². The number of sulfonamides is 1. The van der Waals surface area contributed by atoms with E-state index in [1.165, 1.54) is 12.3 Å². The molecule has 0 bridgehead atoms. The van der Waals surface area contributed by atoms with Gasteiger partial charge in [0.2, 0.25) is 5.03 Å². The lowest BCUT2D eigenvalue weighted by molar-refractivity contribution is 0.544. The van der Waals surface area contributed by atoms with E-state index in [9.17, 15) is 12.8 Å². The average Bonchev–Trinajstić information content (AvgIpc) is 2.46. The van der Waals surface area contributed by atoms with Crippen LogP contribution in [0.1, 0.15) is 11.1 Å². The number of benzene rings is 1. The van der Waals surface area contributed by atoms with E-state index in [4.69, 9.17) is 18.0 Å². The van der Waals surface area contributed by atoms with Crippen LogP contribution in [0, 0.1) is 5.82 Å². The van der Waals surface area contributed by atoms with Crippen molar-refractivity contribution in [1.82, 2.24) is 9.71 Å². The minimum atomic E-state index is -4.00. The average molecular weight is 325 g/mol. The van der Waals surface area contributed by atoms with E-state index in [0.717, 1.165) is 6.07 Å². The molecule has 0 aliphatic carbocycles. The van der Waals surface area contributed by atoms with Gasteiger partial charge in [-0.1, -0.05) is 36.5 Å². The lowest BCUT2D eigenvalue weighted by Gasteiger charge is -2.07. The summed E-state index contributed by atoms with van der Waals surface area (Å²) in [6.45, 7) is 0.00988. The summed E-state index contributed by atoms with van der Waals surface area (Å²) >= 11 is 4.82. The highest BCUT2D eigenvalue weighted by molar-refractivity contribution is 7.89. The maximum atomic E-state index is 13.4. The molecule has 0 saturated heterocycles. The Morgan fingerprint density at radius 1 is 1.29 bits per heavy atom. The number of hydrogen-bond donors (Lipinski definition) is 2. The van der Waals surface area contributed by atoms with Gasteiger partial charge < -0.3 is 5.73 Å². The standard InChI is InChI=1S/C13H12FN3O2S2/c14-11-2-1-7-16-13(11)21(18,19)17-8-9-3-5-10(6-4-9)12(15)20/h1-7,17H,8H2,(H2,15,20). The van der Waals surface area contributed by atoms with E-state index in [0.29, 0.717) is 11.1 Å². The second-order valence-corrected chi connectivity index (χ2v) is 6.30. The molecule has 8 heteroatoms. The fourth-order valence-electron chi connectivity index (χ4n) is 1.60. The number of thiocarbonyl (C=S) groups is 1. The Kier molecular flexibility index (Phi) is 4.61. The SMILES string of the molecule is NC(=S)c1ccc(CNS(=O)(=O)c2ncccc2F)cc1. The molecule has 0 aliphatic rings. The second-order valence-electron chi connectivity index (χ2n) is 4.18. The number of halogens is 1. The van der Waals surface area contributed by atoms with Crippen LogP contribution in [-0.2, 0) is 16.6 Å². The molecule has 2 aromatic rings. The predicted octanol–water partition coefficient (Wildman–Crippen LogP) is 1.33. The largest absolute Gasteiger partial charge is 0.389 e. The molecule has 0 fully saturated rings. The zero-order chi connectivity index (χ0) is 15.5. The van der Waals surface area contributed by atoms with Gasteiger partial charge >= 0.3 is 0 Å². The van der Waals surface area contributed by atoms with E-state index >= 15 is 0 Å². The summed E-state index contributed by atoms with van der Waals surface area (Å²) in [6, 6.07) is 9.11. The van der Waals surface area contributed by atoms with Gasteiger partial charge in [-0.25, -0.2) is 22.5 Å². The van der Waals surface area contributed by atoms with Crippen LogP contribution in [0.15, 0.2) is 47.6 Å². The predicted molar refractivity (Wildman–Crippen MR) is 80.5 cm³/mol. The van der Waals surface area contributed by atoms with Crippen LogP contribution in [0.5, 0.6) is 0 Å². The van der Waals surface area contributed by atoms with E-state index in [2.05, 4.69) is 9.71 Å². The molecule has 1 aromatic heterocycles. The zero-order valence-electron chi connectivity index (χ0n) is 10.8. The highest BCUT2D eigenvalue weighted by Gasteiger charge is 2.19. The van der Waals surface area contributed by atoms with Gasteiger partial charge in [-0.05, 0) is 17.7 Å². The van der Waals surface area contributed by atoms with Crippen LogP contribution >= 0.6 is 12.2 Å². The third-order valence-electron chi connectivity index (χ3n) is 2.68. The van der Waals surface area contributed by atoms with E-state index < -0.39 is 20.9 Å². The molecule has 3 N–H and O–H groups in total. The molecule has 21 heavy (non-hydrogen) atoms. The summed E-state index contributed by atoms with van der Waals surface area (Å²) in [6.07, 6.45) is 1.22. The molecule has 110 valence electrons. The Labute approximate surface area is 127 Å². The Balaban J connectivity index is 2.12. The smallest absolute Gasteiger partial charge is 0.261 e. The van der Waals surface area contributed by atoms with Crippen molar-refractivity contribution in [2.45, 2.75) is 11.6 Å². The first-order valence-corrected chi connectivity index (χ1v) is 7.78. The van der Waals surface area contributed by atoms with Crippen molar-refractivity contribution in [3.8, 4) is 0 Å². The van der Waals surface area contributed by atoms with Gasteiger partial charge in [0.1, 0.15) is 4.99 Å². The van der Waals surface area contributed by atoms with Gasteiger partial charge in [0, 0.05) is 18.3 Å². The first-order valence-electron chi connectivity index (χ1n) is 5.89. The molecule has 0 aliphatic heterocycles. The Morgan fingerprint density at radius 3 is 2.52 bits per heavy atom. The Bertz CT molecular complexity index is 761. The number of nitrogens with one attached hydrogen (secondary N) is 1. The Hall–Kier alpha value is -1.90. The number of rotatable bonds is 5. The van der Waals surface area contributed by atoms with Crippen LogP contribution in [0.4, 0.5) is 4.39 Å². The second kappa shape index (κ2) is 6.25. The summed E-state index contributed by atoms with van der Waals surface area (Å²) in [7, 11) is -4.00. The molecule has 0 amide bonds. The molecular weight excluding hydrogens is 313 g/mol. The highest BCUT2D eigenvalue weighted by Crippen LogP contribution is 2.11. The summed E-state index contributed by atoms with van der Waals surface area (Å²) in [4.78, 5) is 3.80. The first-order chi connectivity index (χ1) is 9.90. The number of pyridine rings is 1.